The van der Waals surface area contributed by atoms with Gasteiger partial charge in [-0.15, -0.1) is 0 Å². The van der Waals surface area contributed by atoms with Gasteiger partial charge in [0.1, 0.15) is 0 Å². The first-order valence-corrected chi connectivity index (χ1v) is 3.48. The molecule has 0 aromatic rings. The molecule has 0 fully saturated rings. The molecule has 12 heteroatoms. The molecule has 0 unspecified atom stereocenters. The van der Waals surface area contributed by atoms with Gasteiger partial charge in [0.2, 0.25) is 0 Å². The zero-order chi connectivity index (χ0) is 13.0. The Morgan fingerprint density at radius 1 is 0.625 bits per heavy atom. The van der Waals surface area contributed by atoms with Crippen molar-refractivity contribution in [1.82, 2.24) is 0 Å². The quantitative estimate of drug-likeness (QED) is 0.280. The summed E-state index contributed by atoms with van der Waals surface area (Å²) in [6.45, 7) is 0. The van der Waals surface area contributed by atoms with Crippen molar-refractivity contribution in [2.24, 2.45) is 0 Å². The Labute approximate surface area is 136 Å². The van der Waals surface area contributed by atoms with Crippen molar-refractivity contribution in [2.75, 3.05) is 0 Å². The summed E-state index contributed by atoms with van der Waals surface area (Å²) in [5.41, 5.74) is 0. The standard InChI is InChI=1S/2C2H2O4.K.Mn.2O/c2*3-1(4)2(5)6;;;;/h2*(H,3,4)(H,5,6);;;;. The van der Waals surface area contributed by atoms with Gasteiger partial charge in [-0.25, -0.2) is 19.2 Å². The number of carboxylic acids is 4. The third kappa shape index (κ3) is 37.3. The molecule has 1 radical (unpaired) electrons. The SMILES string of the molecule is O=C(O)C(=O)O.O=C(O)C(=O)O.[K].[O]=[Mn]=[O]. The van der Waals surface area contributed by atoms with E-state index in [2.05, 4.69) is 0 Å². The third-order valence-electron chi connectivity index (χ3n) is 0.366. The van der Waals surface area contributed by atoms with Gasteiger partial charge in [0, 0.05) is 51.4 Å². The van der Waals surface area contributed by atoms with Gasteiger partial charge < -0.3 is 20.4 Å². The summed E-state index contributed by atoms with van der Waals surface area (Å²) in [6.07, 6.45) is 0. The minimum absolute atomic E-state index is 0. The monoisotopic (exact) mass is 306 g/mol. The summed E-state index contributed by atoms with van der Waals surface area (Å²) >= 11 is -1.44. The maximum atomic E-state index is 9.10. The maximum absolute atomic E-state index is 9.10. The van der Waals surface area contributed by atoms with Crippen molar-refractivity contribution >= 4 is 75.3 Å². The summed E-state index contributed by atoms with van der Waals surface area (Å²) in [5, 5.41) is 29.6. The summed E-state index contributed by atoms with van der Waals surface area (Å²) < 4.78 is 16.8. The molecule has 4 N–H and O–H groups in total. The molecule has 0 aliphatic heterocycles. The molecule has 0 amide bonds. The Balaban J connectivity index is -0.0000000692. The van der Waals surface area contributed by atoms with Gasteiger partial charge in [0.15, 0.2) is 0 Å². The Kier molecular flexibility index (Phi) is 26.4. The Morgan fingerprint density at radius 2 is 0.688 bits per heavy atom. The van der Waals surface area contributed by atoms with Gasteiger partial charge in [-0.2, -0.15) is 0 Å². The van der Waals surface area contributed by atoms with Gasteiger partial charge in [-0.1, -0.05) is 0 Å². The second kappa shape index (κ2) is 17.0. The van der Waals surface area contributed by atoms with E-state index in [1.807, 2.05) is 0 Å². The van der Waals surface area contributed by atoms with Crippen LogP contribution in [0.3, 0.4) is 0 Å². The molecular weight excluding hydrogens is 302 g/mol. The van der Waals surface area contributed by atoms with E-state index in [0.29, 0.717) is 0 Å². The zero-order valence-electron chi connectivity index (χ0n) is 7.62. The molecule has 0 aliphatic carbocycles. The van der Waals surface area contributed by atoms with Crippen LogP contribution in [0.1, 0.15) is 0 Å². The molecule has 0 atom stereocenters. The number of carbonyl (C=O) groups is 4. The first kappa shape index (κ1) is 24.7. The average molecular weight is 306 g/mol. The predicted molar refractivity (Wildman–Crippen MR) is 37.7 cm³/mol. The molecule has 0 aliphatic rings. The second-order valence-corrected chi connectivity index (χ2v) is 1.48. The average Bonchev–Trinajstić information content (AvgIpc) is 2.06. The summed E-state index contributed by atoms with van der Waals surface area (Å²) in [5.74, 6) is -7.30. The molecule has 0 saturated heterocycles. The third-order valence-corrected chi connectivity index (χ3v) is 0.366. The van der Waals surface area contributed by atoms with E-state index in [1.54, 1.807) is 0 Å². The van der Waals surface area contributed by atoms with Crippen molar-refractivity contribution in [2.45, 2.75) is 0 Å². The van der Waals surface area contributed by atoms with Crippen molar-refractivity contribution in [3.8, 4) is 0 Å². The molecule has 0 saturated carbocycles. The Hall–Kier alpha value is -0.364. The molecule has 0 heterocycles. The molecule has 0 aromatic carbocycles. The van der Waals surface area contributed by atoms with Crippen LogP contribution in [0.4, 0.5) is 0 Å². The van der Waals surface area contributed by atoms with Gasteiger partial charge in [-0.3, -0.25) is 0 Å². The molecule has 10 nitrogen and oxygen atoms in total. The van der Waals surface area contributed by atoms with E-state index in [0.717, 1.165) is 0 Å². The molecule has 16 heavy (non-hydrogen) atoms. The van der Waals surface area contributed by atoms with Crippen LogP contribution in [0.15, 0.2) is 0 Å². The van der Waals surface area contributed by atoms with Gasteiger partial charge in [0.05, 0.1) is 0 Å². The van der Waals surface area contributed by atoms with Crippen LogP contribution in [0.5, 0.6) is 0 Å². The number of carboxylic acid groups (broad SMARTS) is 4. The van der Waals surface area contributed by atoms with E-state index in [1.165, 1.54) is 0 Å². The fourth-order valence-corrected chi connectivity index (χ4v) is 0. The summed E-state index contributed by atoms with van der Waals surface area (Å²) in [4.78, 5) is 36.4. The van der Waals surface area contributed by atoms with Crippen LogP contribution in [0, 0.1) is 0 Å². The molecule has 0 aromatic heterocycles. The number of rotatable bonds is 0. The normalized spacial score (nSPS) is 6.25. The molecule has 0 bridgehead atoms. The van der Waals surface area contributed by atoms with E-state index in [-0.39, 0.29) is 51.4 Å². The van der Waals surface area contributed by atoms with Crippen molar-refractivity contribution in [3.63, 3.8) is 0 Å². The first-order valence-electron chi connectivity index (χ1n) is 2.52. The van der Waals surface area contributed by atoms with Crippen molar-refractivity contribution in [1.29, 1.82) is 0 Å². The van der Waals surface area contributed by atoms with Crippen LogP contribution < -0.4 is 0 Å². The molecule has 0 spiro atoms. The van der Waals surface area contributed by atoms with Gasteiger partial charge in [-0.05, 0) is 0 Å². The van der Waals surface area contributed by atoms with Crippen LogP contribution in [-0.2, 0) is 41.7 Å². The van der Waals surface area contributed by atoms with Crippen LogP contribution in [0.25, 0.3) is 0 Å². The number of hydrogen-bond acceptors (Lipinski definition) is 6. The fourth-order valence-electron chi connectivity index (χ4n) is 0. The Morgan fingerprint density at radius 3 is 0.688 bits per heavy atom. The topological polar surface area (TPSA) is 183 Å². The second-order valence-electron chi connectivity index (χ2n) is 1.28. The van der Waals surface area contributed by atoms with Crippen LogP contribution >= 0.6 is 0 Å². The molecule has 0 rings (SSSR count). The zero-order valence-corrected chi connectivity index (χ0v) is 11.9. The van der Waals surface area contributed by atoms with Gasteiger partial charge >= 0.3 is 46.4 Å². The number of hydrogen-bond donors (Lipinski definition) is 4. The van der Waals surface area contributed by atoms with Crippen LogP contribution in [0.2, 0.25) is 0 Å². The molecule has 88 valence electrons. The van der Waals surface area contributed by atoms with Gasteiger partial charge in [0.25, 0.3) is 0 Å². The summed E-state index contributed by atoms with van der Waals surface area (Å²) in [6, 6.07) is 0. The van der Waals surface area contributed by atoms with Crippen molar-refractivity contribution < 1.29 is 62.1 Å². The fraction of sp³-hybridized carbons (Fsp3) is 0. The van der Waals surface area contributed by atoms with E-state index in [4.69, 9.17) is 47.3 Å². The van der Waals surface area contributed by atoms with E-state index >= 15 is 0 Å². The van der Waals surface area contributed by atoms with Crippen LogP contribution in [-0.4, -0.2) is 95.7 Å². The number of aliphatic carboxylic acids is 4. The predicted octanol–water partition coefficient (Wildman–Crippen LogP) is -2.31. The minimum atomic E-state index is -1.82. The molecular formula is C4H4KMnO10. The first-order chi connectivity index (χ1) is 6.70. The van der Waals surface area contributed by atoms with Crippen molar-refractivity contribution in [3.05, 3.63) is 0 Å². The van der Waals surface area contributed by atoms with E-state index < -0.39 is 38.7 Å². The summed E-state index contributed by atoms with van der Waals surface area (Å²) in [7, 11) is 0. The Bertz CT molecular complexity index is 243. The van der Waals surface area contributed by atoms with E-state index in [9.17, 15) is 0 Å².